The quantitative estimate of drug-likeness (QED) is 0.695. The molecule has 1 unspecified atom stereocenters. The highest BCUT2D eigenvalue weighted by Crippen LogP contribution is 2.22. The van der Waals surface area contributed by atoms with Gasteiger partial charge in [0.1, 0.15) is 17.3 Å². The lowest BCUT2D eigenvalue weighted by atomic mass is 10.0. The predicted octanol–water partition coefficient (Wildman–Crippen LogP) is 2.63. The zero-order valence-electron chi connectivity index (χ0n) is 18.2. The number of benzene rings is 2. The summed E-state index contributed by atoms with van der Waals surface area (Å²) < 4.78 is 32.4. The van der Waals surface area contributed by atoms with Crippen LogP contribution in [-0.2, 0) is 20.9 Å². The van der Waals surface area contributed by atoms with E-state index >= 15 is 0 Å². The molecule has 2 heterocycles. The zero-order chi connectivity index (χ0) is 23.2. The number of hydrogen-bond donors (Lipinski definition) is 1. The largest absolute Gasteiger partial charge is 0.379 e. The van der Waals surface area contributed by atoms with E-state index in [-0.39, 0.29) is 61.1 Å². The molecule has 2 aromatic carbocycles. The van der Waals surface area contributed by atoms with Crippen molar-refractivity contribution < 1.29 is 23.1 Å². The predicted molar refractivity (Wildman–Crippen MR) is 118 cm³/mol. The van der Waals surface area contributed by atoms with Crippen molar-refractivity contribution in [1.82, 2.24) is 15.2 Å². The second kappa shape index (κ2) is 10.6. The van der Waals surface area contributed by atoms with Crippen molar-refractivity contribution in [2.24, 2.45) is 5.10 Å². The number of ether oxygens (including phenoxy) is 1. The number of morpholine rings is 1. The van der Waals surface area contributed by atoms with Crippen LogP contribution in [0.4, 0.5) is 8.78 Å². The van der Waals surface area contributed by atoms with Crippen molar-refractivity contribution in [1.29, 1.82) is 0 Å². The van der Waals surface area contributed by atoms with E-state index in [1.54, 1.807) is 18.2 Å². The fourth-order valence-electron chi connectivity index (χ4n) is 4.00. The topological polar surface area (TPSA) is 74.2 Å². The smallest absolute Gasteiger partial charge is 0.267 e. The Hall–Kier alpha value is -3.17. The maximum atomic E-state index is 13.9. The first-order chi connectivity index (χ1) is 16.0. The Kier molecular flexibility index (Phi) is 7.41. The number of hydrazone groups is 1. The fourth-order valence-corrected chi connectivity index (χ4v) is 4.00. The second-order valence-electron chi connectivity index (χ2n) is 8.05. The fraction of sp³-hybridized carbons (Fsp3) is 0.375. The van der Waals surface area contributed by atoms with Crippen LogP contribution in [0.5, 0.6) is 0 Å². The van der Waals surface area contributed by atoms with Crippen LogP contribution in [0.15, 0.2) is 53.6 Å². The van der Waals surface area contributed by atoms with Gasteiger partial charge in [-0.1, -0.05) is 24.3 Å². The van der Waals surface area contributed by atoms with Gasteiger partial charge in [0.05, 0.1) is 25.8 Å². The highest BCUT2D eigenvalue weighted by molar-refractivity contribution is 6.39. The molecular formula is C24H26F2N4O3. The summed E-state index contributed by atoms with van der Waals surface area (Å²) in [7, 11) is 0. The summed E-state index contributed by atoms with van der Waals surface area (Å²) in [6.45, 7) is 2.94. The third kappa shape index (κ3) is 6.00. The molecule has 0 spiro atoms. The first kappa shape index (κ1) is 23.0. The lowest BCUT2D eigenvalue weighted by molar-refractivity contribution is -0.132. The number of nitrogens with one attached hydrogen (secondary N) is 1. The Labute approximate surface area is 191 Å². The molecular weight excluding hydrogens is 430 g/mol. The molecule has 174 valence electrons. The van der Waals surface area contributed by atoms with Crippen molar-refractivity contribution >= 4 is 17.5 Å². The molecule has 0 saturated carbocycles. The van der Waals surface area contributed by atoms with Crippen LogP contribution in [0.2, 0.25) is 0 Å². The Morgan fingerprint density at radius 2 is 1.82 bits per heavy atom. The summed E-state index contributed by atoms with van der Waals surface area (Å²) in [4.78, 5) is 27.3. The number of amides is 2. The highest BCUT2D eigenvalue weighted by Gasteiger charge is 2.27. The Morgan fingerprint density at radius 3 is 2.55 bits per heavy atom. The monoisotopic (exact) mass is 456 g/mol. The van der Waals surface area contributed by atoms with Gasteiger partial charge in [0, 0.05) is 32.5 Å². The molecule has 0 bridgehead atoms. The summed E-state index contributed by atoms with van der Waals surface area (Å²) in [6.07, 6.45) is 0.414. The Bertz CT molecular complexity index is 1020. The maximum Gasteiger partial charge on any atom is 0.267 e. The minimum Gasteiger partial charge on any atom is -0.379 e. The minimum absolute atomic E-state index is 0.162. The van der Waals surface area contributed by atoms with Gasteiger partial charge in [0.15, 0.2) is 0 Å². The van der Waals surface area contributed by atoms with Crippen LogP contribution in [0.1, 0.15) is 30.0 Å². The van der Waals surface area contributed by atoms with Crippen molar-refractivity contribution in [2.75, 3.05) is 32.8 Å². The van der Waals surface area contributed by atoms with E-state index in [0.717, 1.165) is 5.56 Å². The summed E-state index contributed by atoms with van der Waals surface area (Å²) >= 11 is 0. The molecule has 0 radical (unpaired) electrons. The second-order valence-corrected chi connectivity index (χ2v) is 8.05. The van der Waals surface area contributed by atoms with Crippen LogP contribution < -0.4 is 5.32 Å². The molecule has 1 atom stereocenters. The summed E-state index contributed by atoms with van der Waals surface area (Å²) in [5.74, 6) is -1.24. The van der Waals surface area contributed by atoms with Crippen LogP contribution in [0, 0.1) is 11.6 Å². The van der Waals surface area contributed by atoms with Crippen LogP contribution in [0.25, 0.3) is 0 Å². The van der Waals surface area contributed by atoms with Gasteiger partial charge in [-0.15, -0.1) is 0 Å². The van der Waals surface area contributed by atoms with Gasteiger partial charge in [0.25, 0.3) is 5.91 Å². The number of rotatable bonds is 7. The lowest BCUT2D eigenvalue weighted by Crippen LogP contribution is -2.45. The van der Waals surface area contributed by atoms with Gasteiger partial charge in [-0.2, -0.15) is 5.10 Å². The van der Waals surface area contributed by atoms with E-state index in [1.807, 2.05) is 6.07 Å². The van der Waals surface area contributed by atoms with E-state index in [0.29, 0.717) is 31.9 Å². The van der Waals surface area contributed by atoms with Crippen molar-refractivity contribution in [3.8, 4) is 0 Å². The van der Waals surface area contributed by atoms with Crippen LogP contribution >= 0.6 is 0 Å². The van der Waals surface area contributed by atoms with Crippen molar-refractivity contribution in [2.45, 2.75) is 25.4 Å². The summed E-state index contributed by atoms with van der Waals surface area (Å²) in [5, 5.41) is 8.42. The molecule has 0 aromatic heterocycles. The van der Waals surface area contributed by atoms with E-state index < -0.39 is 0 Å². The lowest BCUT2D eigenvalue weighted by Gasteiger charge is -2.35. The van der Waals surface area contributed by atoms with Crippen molar-refractivity contribution in [3.63, 3.8) is 0 Å². The van der Waals surface area contributed by atoms with Gasteiger partial charge in [-0.25, -0.2) is 13.8 Å². The average Bonchev–Trinajstić information content (AvgIpc) is 2.83. The normalized spacial score (nSPS) is 18.1. The molecule has 2 aromatic rings. The number of carbonyl (C=O) groups excluding carboxylic acids is 2. The average molecular weight is 456 g/mol. The number of carbonyl (C=O) groups is 2. The highest BCUT2D eigenvalue weighted by atomic mass is 19.1. The Balaban J connectivity index is 1.44. The van der Waals surface area contributed by atoms with Gasteiger partial charge >= 0.3 is 0 Å². The van der Waals surface area contributed by atoms with Gasteiger partial charge in [-0.05, 0) is 35.4 Å². The SMILES string of the molecule is O=C(NCC(c1cccc(F)c1)N1CCOCC1)C1=NN(Cc2ccc(F)cc2)C(=O)CC1. The van der Waals surface area contributed by atoms with Gasteiger partial charge in [0.2, 0.25) is 5.91 Å². The molecule has 9 heteroatoms. The zero-order valence-corrected chi connectivity index (χ0v) is 18.2. The van der Waals surface area contributed by atoms with Gasteiger partial charge < -0.3 is 10.1 Å². The molecule has 2 aliphatic heterocycles. The number of hydrogen-bond acceptors (Lipinski definition) is 5. The number of nitrogens with zero attached hydrogens (tertiary/aromatic N) is 3. The van der Waals surface area contributed by atoms with Crippen molar-refractivity contribution in [3.05, 3.63) is 71.3 Å². The van der Waals surface area contributed by atoms with Crippen LogP contribution in [-0.4, -0.2) is 60.3 Å². The molecule has 4 rings (SSSR count). The van der Waals surface area contributed by atoms with E-state index in [2.05, 4.69) is 15.3 Å². The molecule has 2 aliphatic rings. The number of halogens is 2. The molecule has 7 nitrogen and oxygen atoms in total. The molecule has 1 N–H and O–H groups in total. The molecule has 1 fully saturated rings. The van der Waals surface area contributed by atoms with E-state index in [1.165, 1.54) is 29.3 Å². The first-order valence-corrected chi connectivity index (χ1v) is 11.0. The summed E-state index contributed by atoms with van der Waals surface area (Å²) in [6, 6.07) is 12.0. The third-order valence-electron chi connectivity index (χ3n) is 5.79. The van der Waals surface area contributed by atoms with E-state index in [4.69, 9.17) is 4.74 Å². The maximum absolute atomic E-state index is 13.9. The molecule has 1 saturated heterocycles. The molecule has 0 aliphatic carbocycles. The van der Waals surface area contributed by atoms with E-state index in [9.17, 15) is 18.4 Å². The minimum atomic E-state index is -0.361. The van der Waals surface area contributed by atoms with Crippen LogP contribution in [0.3, 0.4) is 0 Å². The van der Waals surface area contributed by atoms with Gasteiger partial charge in [-0.3, -0.25) is 14.5 Å². The molecule has 2 amide bonds. The Morgan fingerprint density at radius 1 is 1.06 bits per heavy atom. The molecule has 33 heavy (non-hydrogen) atoms. The summed E-state index contributed by atoms with van der Waals surface area (Å²) in [5.41, 5.74) is 1.75. The first-order valence-electron chi connectivity index (χ1n) is 11.0. The third-order valence-corrected chi connectivity index (χ3v) is 5.79. The standard InChI is InChI=1S/C24H26F2N4O3/c25-19-6-4-17(5-7-19)16-30-23(31)9-8-21(28-30)24(32)27-15-22(29-10-12-33-13-11-29)18-2-1-3-20(26)14-18/h1-7,14,22H,8-13,15-16H2,(H,27,32).